The van der Waals surface area contributed by atoms with Gasteiger partial charge < -0.3 is 0 Å². The molecule has 5 nitrogen and oxygen atoms in total. The molecule has 0 spiro atoms. The maximum absolute atomic E-state index is 11.8. The molecule has 150 valence electrons. The molecule has 1 saturated carbocycles. The van der Waals surface area contributed by atoms with Gasteiger partial charge >= 0.3 is 0 Å². The van der Waals surface area contributed by atoms with Crippen molar-refractivity contribution in [2.24, 2.45) is 5.92 Å². The second kappa shape index (κ2) is 12.3. The van der Waals surface area contributed by atoms with Crippen molar-refractivity contribution in [2.75, 3.05) is 24.4 Å². The highest BCUT2D eigenvalue weighted by molar-refractivity contribution is 7.91. The maximum Gasteiger partial charge on any atom is 0.264 e. The normalized spacial score (nSPS) is 16.0. The van der Waals surface area contributed by atoms with Crippen molar-refractivity contribution in [3.8, 4) is 0 Å². The van der Waals surface area contributed by atoms with Crippen molar-refractivity contribution in [3.05, 3.63) is 0 Å². The Kier molecular flexibility index (Phi) is 11.3. The minimum atomic E-state index is -3.48. The zero-order chi connectivity index (χ0) is 18.6. The third-order valence-corrected chi connectivity index (χ3v) is 7.36. The molecule has 1 rings (SSSR count). The van der Waals surface area contributed by atoms with Crippen LogP contribution >= 0.6 is 0 Å². The zero-order valence-electron chi connectivity index (χ0n) is 15.7. The molecule has 0 N–H and O–H groups in total. The van der Waals surface area contributed by atoms with E-state index in [9.17, 15) is 16.8 Å². The van der Waals surface area contributed by atoms with Crippen LogP contribution in [0.25, 0.3) is 0 Å². The van der Waals surface area contributed by atoms with E-state index in [2.05, 4.69) is 4.18 Å². The van der Waals surface area contributed by atoms with Crippen LogP contribution < -0.4 is 0 Å². The van der Waals surface area contributed by atoms with Gasteiger partial charge in [-0.1, -0.05) is 70.6 Å². The lowest BCUT2D eigenvalue weighted by Gasteiger charge is -2.24. The highest BCUT2D eigenvalue weighted by atomic mass is 32.2. The summed E-state index contributed by atoms with van der Waals surface area (Å²) in [4.78, 5) is 0. The summed E-state index contributed by atoms with van der Waals surface area (Å²) in [5.41, 5.74) is 0. The summed E-state index contributed by atoms with van der Waals surface area (Å²) in [6.45, 7) is -0.0567. The number of unbranched alkanes of at least 4 members (excludes halogenated alkanes) is 7. The first-order chi connectivity index (χ1) is 11.8. The molecule has 1 fully saturated rings. The molecule has 0 amide bonds. The van der Waals surface area contributed by atoms with Gasteiger partial charge in [0.2, 0.25) is 0 Å². The van der Waals surface area contributed by atoms with E-state index >= 15 is 0 Å². The van der Waals surface area contributed by atoms with Gasteiger partial charge in [0.1, 0.15) is 9.84 Å². The Morgan fingerprint density at radius 2 is 1.28 bits per heavy atom. The fourth-order valence-corrected chi connectivity index (χ4v) is 5.01. The molecule has 0 saturated heterocycles. The molecule has 1 aliphatic rings. The van der Waals surface area contributed by atoms with Crippen LogP contribution in [0.3, 0.4) is 0 Å². The van der Waals surface area contributed by atoms with E-state index in [0.29, 0.717) is 6.42 Å². The van der Waals surface area contributed by atoms with Gasteiger partial charge in [0.05, 0.1) is 24.4 Å². The minimum Gasteiger partial charge on any atom is -0.270 e. The standard InChI is InChI=1S/C18H36O5S2/c1-24(19,20)23-15-11-17-25(21,22)16-9-7-5-3-2-4-6-8-12-18-13-10-14-18/h18H,2-17H2,1H3. The van der Waals surface area contributed by atoms with Crippen LogP contribution in [0.5, 0.6) is 0 Å². The monoisotopic (exact) mass is 396 g/mol. The molecule has 0 aromatic carbocycles. The first-order valence-corrected chi connectivity index (χ1v) is 13.5. The number of rotatable bonds is 16. The van der Waals surface area contributed by atoms with Gasteiger partial charge in [-0.3, -0.25) is 4.18 Å². The van der Waals surface area contributed by atoms with Gasteiger partial charge in [-0.05, 0) is 18.8 Å². The average molecular weight is 397 g/mol. The van der Waals surface area contributed by atoms with Crippen LogP contribution in [0, 0.1) is 5.92 Å². The van der Waals surface area contributed by atoms with E-state index in [4.69, 9.17) is 0 Å². The van der Waals surface area contributed by atoms with Crippen LogP contribution in [0.15, 0.2) is 0 Å². The van der Waals surface area contributed by atoms with Crippen LogP contribution in [-0.2, 0) is 24.1 Å². The van der Waals surface area contributed by atoms with Crippen LogP contribution in [0.1, 0.15) is 83.5 Å². The highest BCUT2D eigenvalue weighted by Crippen LogP contribution is 2.31. The Balaban J connectivity index is 1.87. The molecule has 0 radical (unpaired) electrons. The summed E-state index contributed by atoms with van der Waals surface area (Å²) in [6.07, 6.45) is 16.2. The fourth-order valence-electron chi connectivity index (χ4n) is 3.19. The van der Waals surface area contributed by atoms with Gasteiger partial charge in [-0.15, -0.1) is 0 Å². The van der Waals surface area contributed by atoms with Crippen LogP contribution in [0.2, 0.25) is 0 Å². The number of hydrogen-bond donors (Lipinski definition) is 0. The first kappa shape index (κ1) is 22.9. The maximum atomic E-state index is 11.8. The summed E-state index contributed by atoms with van der Waals surface area (Å²) < 4.78 is 49.8. The van der Waals surface area contributed by atoms with Crippen molar-refractivity contribution in [1.29, 1.82) is 0 Å². The molecule has 7 heteroatoms. The smallest absolute Gasteiger partial charge is 0.264 e. The summed E-state index contributed by atoms with van der Waals surface area (Å²) in [5.74, 6) is 1.23. The lowest BCUT2D eigenvalue weighted by molar-refractivity contribution is 0.286. The molecule has 0 bridgehead atoms. The largest absolute Gasteiger partial charge is 0.270 e. The predicted molar refractivity (Wildman–Crippen MR) is 103 cm³/mol. The Morgan fingerprint density at radius 3 is 1.80 bits per heavy atom. The number of hydrogen-bond acceptors (Lipinski definition) is 5. The lowest BCUT2D eigenvalue weighted by atomic mass is 9.81. The van der Waals surface area contributed by atoms with Crippen molar-refractivity contribution < 1.29 is 21.0 Å². The lowest BCUT2D eigenvalue weighted by Crippen LogP contribution is -2.14. The van der Waals surface area contributed by atoms with E-state index in [0.717, 1.165) is 25.0 Å². The van der Waals surface area contributed by atoms with Crippen LogP contribution in [0.4, 0.5) is 0 Å². The summed E-state index contributed by atoms with van der Waals surface area (Å²) in [7, 11) is -6.56. The van der Waals surface area contributed by atoms with Gasteiger partial charge in [0.25, 0.3) is 10.1 Å². The van der Waals surface area contributed by atoms with Crippen molar-refractivity contribution >= 4 is 20.0 Å². The molecular formula is C18H36O5S2. The molecule has 0 aromatic rings. The molecule has 0 atom stereocenters. The third kappa shape index (κ3) is 13.7. The summed E-state index contributed by atoms with van der Waals surface area (Å²) >= 11 is 0. The molecule has 25 heavy (non-hydrogen) atoms. The fraction of sp³-hybridized carbons (Fsp3) is 1.00. The van der Waals surface area contributed by atoms with Crippen molar-refractivity contribution in [1.82, 2.24) is 0 Å². The average Bonchev–Trinajstić information content (AvgIpc) is 2.46. The van der Waals surface area contributed by atoms with E-state index < -0.39 is 20.0 Å². The Labute approximate surface area is 155 Å². The van der Waals surface area contributed by atoms with Gasteiger partial charge in [0.15, 0.2) is 0 Å². The minimum absolute atomic E-state index is 0.00349. The van der Waals surface area contributed by atoms with Crippen molar-refractivity contribution in [2.45, 2.75) is 83.5 Å². The van der Waals surface area contributed by atoms with Crippen molar-refractivity contribution in [3.63, 3.8) is 0 Å². The Morgan fingerprint density at radius 1 is 0.760 bits per heavy atom. The Bertz CT molecular complexity index is 536. The molecule has 0 aliphatic heterocycles. The quantitative estimate of drug-likeness (QED) is 0.290. The SMILES string of the molecule is CS(=O)(=O)OCCCS(=O)(=O)CCCCCCCCCCC1CCC1. The zero-order valence-corrected chi connectivity index (χ0v) is 17.4. The van der Waals surface area contributed by atoms with Gasteiger partial charge in [-0.25, -0.2) is 8.42 Å². The summed E-state index contributed by atoms with van der Waals surface area (Å²) in [6, 6.07) is 0. The van der Waals surface area contributed by atoms with Gasteiger partial charge in [-0.2, -0.15) is 8.42 Å². The van der Waals surface area contributed by atoms with Gasteiger partial charge in [0, 0.05) is 0 Å². The Hall–Kier alpha value is -0.140. The second-order valence-electron chi connectivity index (χ2n) is 7.45. The molecule has 0 heterocycles. The predicted octanol–water partition coefficient (Wildman–Crippen LogP) is 4.08. The summed E-state index contributed by atoms with van der Waals surface area (Å²) in [5, 5.41) is 0. The van der Waals surface area contributed by atoms with E-state index in [-0.39, 0.29) is 24.5 Å². The van der Waals surface area contributed by atoms with E-state index in [1.807, 2.05) is 0 Å². The molecule has 1 aliphatic carbocycles. The number of sulfone groups is 1. The molecule has 0 unspecified atom stereocenters. The first-order valence-electron chi connectivity index (χ1n) is 9.83. The third-order valence-electron chi connectivity index (χ3n) is 4.94. The second-order valence-corrected chi connectivity index (χ2v) is 11.4. The molecule has 0 aromatic heterocycles. The van der Waals surface area contributed by atoms with E-state index in [1.165, 1.54) is 57.8 Å². The van der Waals surface area contributed by atoms with Crippen LogP contribution in [-0.4, -0.2) is 41.2 Å². The molecular weight excluding hydrogens is 360 g/mol. The topological polar surface area (TPSA) is 77.5 Å². The highest BCUT2D eigenvalue weighted by Gasteiger charge is 2.16. The van der Waals surface area contributed by atoms with E-state index in [1.54, 1.807) is 0 Å².